The third-order valence-electron chi connectivity index (χ3n) is 3.95. The van der Waals surface area contributed by atoms with E-state index in [1.165, 1.54) is 0 Å². The van der Waals surface area contributed by atoms with Crippen molar-refractivity contribution in [1.29, 1.82) is 0 Å². The van der Waals surface area contributed by atoms with Crippen molar-refractivity contribution in [2.45, 2.75) is 13.1 Å². The molecule has 2 heterocycles. The number of hydrogen-bond donors (Lipinski definition) is 0. The predicted molar refractivity (Wildman–Crippen MR) is 98.3 cm³/mol. The molecule has 124 valence electrons. The van der Waals surface area contributed by atoms with E-state index in [1.807, 2.05) is 60.0 Å². The van der Waals surface area contributed by atoms with E-state index < -0.39 is 0 Å². The number of carbonyl (C=O) groups is 1. The van der Waals surface area contributed by atoms with Crippen molar-refractivity contribution in [1.82, 2.24) is 9.88 Å². The molecule has 0 atom stereocenters. The number of benzene rings is 2. The van der Waals surface area contributed by atoms with Gasteiger partial charge in [0.1, 0.15) is 10.6 Å². The van der Waals surface area contributed by atoms with Gasteiger partial charge < -0.3 is 9.32 Å². The fourth-order valence-electron chi connectivity index (χ4n) is 2.74. The second-order valence-corrected chi connectivity index (χ2v) is 6.70. The highest BCUT2D eigenvalue weighted by Crippen LogP contribution is 2.22. The minimum atomic E-state index is -0.129. The van der Waals surface area contributed by atoms with Gasteiger partial charge in [0.05, 0.1) is 6.54 Å². The van der Waals surface area contributed by atoms with Gasteiger partial charge in [0, 0.05) is 23.5 Å². The third kappa shape index (κ3) is 3.46. The van der Waals surface area contributed by atoms with Crippen LogP contribution >= 0.6 is 11.3 Å². The van der Waals surface area contributed by atoms with Gasteiger partial charge in [0.15, 0.2) is 5.76 Å². The average Bonchev–Trinajstić information content (AvgIpc) is 3.30. The van der Waals surface area contributed by atoms with Crippen molar-refractivity contribution in [2.75, 3.05) is 0 Å². The quantitative estimate of drug-likeness (QED) is 0.524. The number of hydrogen-bond acceptors (Lipinski definition) is 4. The smallest absolute Gasteiger partial charge is 0.290 e. The molecule has 0 aliphatic heterocycles. The highest BCUT2D eigenvalue weighted by Gasteiger charge is 2.21. The molecule has 4 aromatic rings. The Morgan fingerprint density at radius 3 is 2.60 bits per heavy atom. The lowest BCUT2D eigenvalue weighted by Gasteiger charge is -2.20. The molecule has 25 heavy (non-hydrogen) atoms. The Hall–Kier alpha value is -2.92. The summed E-state index contributed by atoms with van der Waals surface area (Å²) in [6.45, 7) is 0.971. The zero-order chi connectivity index (χ0) is 17.1. The average molecular weight is 348 g/mol. The minimum absolute atomic E-state index is 0.129. The number of nitrogens with zero attached hydrogens (tertiary/aromatic N) is 2. The van der Waals surface area contributed by atoms with Crippen molar-refractivity contribution in [2.24, 2.45) is 0 Å². The Morgan fingerprint density at radius 1 is 1.04 bits per heavy atom. The summed E-state index contributed by atoms with van der Waals surface area (Å²) in [5, 5.41) is 3.75. The fourth-order valence-corrected chi connectivity index (χ4v) is 3.37. The topological polar surface area (TPSA) is 46.3 Å². The number of furan rings is 1. The van der Waals surface area contributed by atoms with Crippen LogP contribution in [0.5, 0.6) is 0 Å². The van der Waals surface area contributed by atoms with Crippen LogP contribution in [-0.2, 0) is 13.1 Å². The standard InChI is InChI=1S/C20H16N2O2S/c23-20(18-12-16-8-4-5-9-17(16)24-18)22(14-19-21-10-11-25-19)13-15-6-2-1-3-7-15/h1-12H,13-14H2. The molecule has 0 radical (unpaired) electrons. The Balaban J connectivity index is 1.64. The van der Waals surface area contributed by atoms with Gasteiger partial charge in [-0.15, -0.1) is 11.3 Å². The van der Waals surface area contributed by atoms with E-state index in [0.717, 1.165) is 21.5 Å². The van der Waals surface area contributed by atoms with Gasteiger partial charge in [-0.1, -0.05) is 48.5 Å². The van der Waals surface area contributed by atoms with Gasteiger partial charge >= 0.3 is 0 Å². The van der Waals surface area contributed by atoms with Gasteiger partial charge in [-0.25, -0.2) is 4.98 Å². The van der Waals surface area contributed by atoms with Gasteiger partial charge in [-0.2, -0.15) is 0 Å². The normalized spacial score (nSPS) is 10.9. The van der Waals surface area contributed by atoms with Crippen LogP contribution < -0.4 is 0 Å². The van der Waals surface area contributed by atoms with Crippen LogP contribution in [0.3, 0.4) is 0 Å². The highest BCUT2D eigenvalue weighted by atomic mass is 32.1. The number of para-hydroxylation sites is 1. The summed E-state index contributed by atoms with van der Waals surface area (Å²) in [4.78, 5) is 19.1. The van der Waals surface area contributed by atoms with Crippen LogP contribution in [0.2, 0.25) is 0 Å². The number of carbonyl (C=O) groups excluding carboxylic acids is 1. The van der Waals surface area contributed by atoms with E-state index >= 15 is 0 Å². The molecule has 0 saturated carbocycles. The molecule has 0 aliphatic carbocycles. The van der Waals surface area contributed by atoms with Crippen LogP contribution in [0.1, 0.15) is 21.1 Å². The minimum Gasteiger partial charge on any atom is -0.451 e. The van der Waals surface area contributed by atoms with Gasteiger partial charge in [0.2, 0.25) is 0 Å². The van der Waals surface area contributed by atoms with Crippen molar-refractivity contribution in [3.05, 3.63) is 88.6 Å². The van der Waals surface area contributed by atoms with Crippen LogP contribution in [-0.4, -0.2) is 15.8 Å². The van der Waals surface area contributed by atoms with Crippen molar-refractivity contribution in [3.63, 3.8) is 0 Å². The van der Waals surface area contributed by atoms with E-state index in [1.54, 1.807) is 28.5 Å². The molecule has 4 rings (SSSR count). The predicted octanol–water partition coefficient (Wildman–Crippen LogP) is 4.73. The van der Waals surface area contributed by atoms with Crippen LogP contribution in [0.4, 0.5) is 0 Å². The number of amides is 1. The van der Waals surface area contributed by atoms with E-state index in [-0.39, 0.29) is 5.91 Å². The monoisotopic (exact) mass is 348 g/mol. The van der Waals surface area contributed by atoms with Crippen molar-refractivity contribution >= 4 is 28.2 Å². The Morgan fingerprint density at radius 2 is 1.84 bits per heavy atom. The summed E-state index contributed by atoms with van der Waals surface area (Å²) in [7, 11) is 0. The van der Waals surface area contributed by atoms with Crippen LogP contribution in [0.25, 0.3) is 11.0 Å². The molecule has 0 spiro atoms. The summed E-state index contributed by atoms with van der Waals surface area (Å²) in [6, 6.07) is 19.4. The number of fused-ring (bicyclic) bond motifs is 1. The first-order chi connectivity index (χ1) is 12.3. The third-order valence-corrected chi connectivity index (χ3v) is 4.71. The molecule has 4 nitrogen and oxygen atoms in total. The molecular weight excluding hydrogens is 332 g/mol. The lowest BCUT2D eigenvalue weighted by Crippen LogP contribution is -2.29. The Kier molecular flexibility index (Phi) is 4.31. The van der Waals surface area contributed by atoms with E-state index in [4.69, 9.17) is 4.42 Å². The highest BCUT2D eigenvalue weighted by molar-refractivity contribution is 7.09. The number of rotatable bonds is 5. The summed E-state index contributed by atoms with van der Waals surface area (Å²) < 4.78 is 5.76. The molecule has 1 amide bonds. The first-order valence-corrected chi connectivity index (χ1v) is 8.88. The zero-order valence-electron chi connectivity index (χ0n) is 13.5. The van der Waals surface area contributed by atoms with E-state index in [2.05, 4.69) is 4.98 Å². The summed E-state index contributed by atoms with van der Waals surface area (Å²) in [6.07, 6.45) is 1.76. The zero-order valence-corrected chi connectivity index (χ0v) is 14.3. The van der Waals surface area contributed by atoms with E-state index in [9.17, 15) is 4.79 Å². The molecule has 2 aromatic carbocycles. The number of thiazole rings is 1. The maximum absolute atomic E-state index is 13.1. The lowest BCUT2D eigenvalue weighted by molar-refractivity contribution is 0.0700. The Bertz CT molecular complexity index is 944. The van der Waals surface area contributed by atoms with Crippen LogP contribution in [0, 0.1) is 0 Å². The van der Waals surface area contributed by atoms with E-state index in [0.29, 0.717) is 18.8 Å². The number of aromatic nitrogens is 1. The maximum Gasteiger partial charge on any atom is 0.290 e. The van der Waals surface area contributed by atoms with Crippen molar-refractivity contribution in [3.8, 4) is 0 Å². The van der Waals surface area contributed by atoms with Crippen molar-refractivity contribution < 1.29 is 9.21 Å². The second kappa shape index (κ2) is 6.91. The fraction of sp³-hybridized carbons (Fsp3) is 0.100. The molecule has 0 bridgehead atoms. The van der Waals surface area contributed by atoms with Gasteiger partial charge in [0.25, 0.3) is 5.91 Å². The molecule has 0 aliphatic rings. The summed E-state index contributed by atoms with van der Waals surface area (Å²) in [5.41, 5.74) is 1.79. The first kappa shape index (κ1) is 15.6. The molecule has 2 aromatic heterocycles. The molecule has 5 heteroatoms. The van der Waals surface area contributed by atoms with Gasteiger partial charge in [-0.05, 0) is 17.7 Å². The lowest BCUT2D eigenvalue weighted by atomic mass is 10.2. The molecule has 0 N–H and O–H groups in total. The second-order valence-electron chi connectivity index (χ2n) is 5.72. The van der Waals surface area contributed by atoms with Gasteiger partial charge in [-0.3, -0.25) is 4.79 Å². The SMILES string of the molecule is O=C(c1cc2ccccc2o1)N(Cc1ccccc1)Cc1nccs1. The molecule has 0 unspecified atom stereocenters. The summed E-state index contributed by atoms with van der Waals surface area (Å²) >= 11 is 1.54. The molecule has 0 saturated heterocycles. The summed E-state index contributed by atoms with van der Waals surface area (Å²) in [5.74, 6) is 0.226. The molecular formula is C20H16N2O2S. The first-order valence-electron chi connectivity index (χ1n) is 8.00. The van der Waals surface area contributed by atoms with Crippen LogP contribution in [0.15, 0.2) is 76.7 Å². The maximum atomic E-state index is 13.1. The molecule has 0 fully saturated rings. The Labute approximate surface area is 149 Å². The largest absolute Gasteiger partial charge is 0.451 e.